The topological polar surface area (TPSA) is 62.5 Å². The molecule has 22 heavy (non-hydrogen) atoms. The van der Waals surface area contributed by atoms with E-state index in [0.29, 0.717) is 18.2 Å². The van der Waals surface area contributed by atoms with Crippen molar-refractivity contribution in [3.8, 4) is 0 Å². The average Bonchev–Trinajstić information content (AvgIpc) is 3.09. The number of aromatic nitrogens is 2. The van der Waals surface area contributed by atoms with E-state index >= 15 is 0 Å². The minimum atomic E-state index is -0.0795. The minimum Gasteiger partial charge on any atom is -0.438 e. The standard InChI is InChI=1S/C16H20N4O2/c1-19(2)15-8-12(5-6-18-15)13-4-3-7-20(10-13)16(21)14-9-17-11-22-14/h5-6,8-9,11,13H,3-4,7,10H2,1-2H3. The molecule has 0 N–H and O–H groups in total. The summed E-state index contributed by atoms with van der Waals surface area (Å²) in [6.45, 7) is 1.47. The van der Waals surface area contributed by atoms with Gasteiger partial charge in [-0.15, -0.1) is 0 Å². The third-order valence-corrected chi connectivity index (χ3v) is 4.05. The van der Waals surface area contributed by atoms with Crippen molar-refractivity contribution in [1.29, 1.82) is 0 Å². The van der Waals surface area contributed by atoms with Crippen LogP contribution in [0.1, 0.15) is 34.9 Å². The van der Waals surface area contributed by atoms with Crippen LogP contribution in [0.15, 0.2) is 35.3 Å². The van der Waals surface area contributed by atoms with Crippen molar-refractivity contribution in [2.24, 2.45) is 0 Å². The fourth-order valence-electron chi connectivity index (χ4n) is 2.84. The summed E-state index contributed by atoms with van der Waals surface area (Å²) in [7, 11) is 3.96. The number of pyridine rings is 1. The van der Waals surface area contributed by atoms with Gasteiger partial charge in [-0.2, -0.15) is 0 Å². The van der Waals surface area contributed by atoms with Crippen LogP contribution in [-0.4, -0.2) is 48.0 Å². The number of nitrogens with zero attached hydrogens (tertiary/aromatic N) is 4. The molecule has 1 unspecified atom stereocenters. The van der Waals surface area contributed by atoms with Crippen LogP contribution >= 0.6 is 0 Å². The van der Waals surface area contributed by atoms with Crippen molar-refractivity contribution in [3.05, 3.63) is 42.2 Å². The molecule has 3 rings (SSSR count). The SMILES string of the molecule is CN(C)c1cc(C2CCCN(C(=O)c3cnco3)C2)ccn1. The molecule has 0 radical (unpaired) electrons. The molecule has 1 fully saturated rings. The largest absolute Gasteiger partial charge is 0.438 e. The molecule has 0 bridgehead atoms. The van der Waals surface area contributed by atoms with Crippen molar-refractivity contribution in [2.45, 2.75) is 18.8 Å². The Morgan fingerprint density at radius 3 is 3.05 bits per heavy atom. The Morgan fingerprint density at radius 2 is 2.32 bits per heavy atom. The van der Waals surface area contributed by atoms with Crippen LogP contribution in [0.4, 0.5) is 5.82 Å². The zero-order valence-corrected chi connectivity index (χ0v) is 12.9. The molecule has 0 spiro atoms. The Bertz CT molecular complexity index is 639. The first kappa shape index (κ1) is 14.6. The van der Waals surface area contributed by atoms with Gasteiger partial charge in [-0.25, -0.2) is 9.97 Å². The predicted molar refractivity (Wildman–Crippen MR) is 82.9 cm³/mol. The second-order valence-corrected chi connectivity index (χ2v) is 5.80. The minimum absolute atomic E-state index is 0.0795. The molecule has 1 aliphatic rings. The number of carbonyl (C=O) groups excluding carboxylic acids is 1. The van der Waals surface area contributed by atoms with Gasteiger partial charge in [0.05, 0.1) is 6.20 Å². The summed E-state index contributed by atoms with van der Waals surface area (Å²) >= 11 is 0. The molecule has 2 aromatic rings. The van der Waals surface area contributed by atoms with Crippen molar-refractivity contribution in [3.63, 3.8) is 0 Å². The summed E-state index contributed by atoms with van der Waals surface area (Å²) in [5, 5.41) is 0. The van der Waals surface area contributed by atoms with Crippen molar-refractivity contribution in [2.75, 3.05) is 32.1 Å². The monoisotopic (exact) mass is 300 g/mol. The van der Waals surface area contributed by atoms with Crippen LogP contribution in [0.2, 0.25) is 0 Å². The van der Waals surface area contributed by atoms with E-state index in [1.54, 1.807) is 0 Å². The molecule has 1 saturated heterocycles. The first-order valence-electron chi connectivity index (χ1n) is 7.46. The van der Waals surface area contributed by atoms with E-state index in [0.717, 1.165) is 25.2 Å². The summed E-state index contributed by atoms with van der Waals surface area (Å²) in [6, 6.07) is 4.15. The number of amides is 1. The number of rotatable bonds is 3. The van der Waals surface area contributed by atoms with E-state index in [-0.39, 0.29) is 5.91 Å². The second kappa shape index (κ2) is 6.17. The highest BCUT2D eigenvalue weighted by molar-refractivity contribution is 5.91. The molecule has 2 aromatic heterocycles. The highest BCUT2D eigenvalue weighted by atomic mass is 16.3. The summed E-state index contributed by atoms with van der Waals surface area (Å²) < 4.78 is 5.12. The Labute approximate surface area is 129 Å². The van der Waals surface area contributed by atoms with Gasteiger partial charge in [-0.1, -0.05) is 0 Å². The van der Waals surface area contributed by atoms with E-state index in [2.05, 4.69) is 16.0 Å². The van der Waals surface area contributed by atoms with Gasteiger partial charge >= 0.3 is 0 Å². The number of carbonyl (C=O) groups is 1. The van der Waals surface area contributed by atoms with E-state index in [1.165, 1.54) is 18.2 Å². The fourth-order valence-corrected chi connectivity index (χ4v) is 2.84. The number of hydrogen-bond donors (Lipinski definition) is 0. The van der Waals surface area contributed by atoms with Crippen molar-refractivity contribution >= 4 is 11.7 Å². The number of oxazole rings is 1. The quantitative estimate of drug-likeness (QED) is 0.869. The van der Waals surface area contributed by atoms with Gasteiger partial charge in [-0.3, -0.25) is 4.79 Å². The highest BCUT2D eigenvalue weighted by Gasteiger charge is 2.27. The van der Waals surface area contributed by atoms with E-state index in [1.807, 2.05) is 36.2 Å². The lowest BCUT2D eigenvalue weighted by Crippen LogP contribution is -2.39. The molecule has 6 heteroatoms. The van der Waals surface area contributed by atoms with Crippen LogP contribution in [0.5, 0.6) is 0 Å². The summed E-state index contributed by atoms with van der Waals surface area (Å²) in [5.74, 6) is 1.51. The molecular formula is C16H20N4O2. The van der Waals surface area contributed by atoms with Crippen LogP contribution < -0.4 is 4.90 Å². The number of hydrogen-bond acceptors (Lipinski definition) is 5. The van der Waals surface area contributed by atoms with Gasteiger partial charge in [0.2, 0.25) is 5.76 Å². The Morgan fingerprint density at radius 1 is 1.45 bits per heavy atom. The third-order valence-electron chi connectivity index (χ3n) is 4.05. The molecular weight excluding hydrogens is 280 g/mol. The third kappa shape index (κ3) is 2.95. The van der Waals surface area contributed by atoms with Crippen LogP contribution in [0, 0.1) is 0 Å². The van der Waals surface area contributed by atoms with Gasteiger partial charge in [0.15, 0.2) is 6.39 Å². The molecule has 116 valence electrons. The predicted octanol–water partition coefficient (Wildman–Crippen LogP) is 2.16. The first-order chi connectivity index (χ1) is 10.6. The van der Waals surface area contributed by atoms with Crippen LogP contribution in [0.25, 0.3) is 0 Å². The Balaban J connectivity index is 1.75. The van der Waals surface area contributed by atoms with Gasteiger partial charge in [0.25, 0.3) is 5.91 Å². The smallest absolute Gasteiger partial charge is 0.291 e. The van der Waals surface area contributed by atoms with Crippen LogP contribution in [-0.2, 0) is 0 Å². The number of piperidine rings is 1. The highest BCUT2D eigenvalue weighted by Crippen LogP contribution is 2.29. The van der Waals surface area contributed by atoms with Gasteiger partial charge in [0.1, 0.15) is 5.82 Å². The lowest BCUT2D eigenvalue weighted by atomic mass is 9.91. The zero-order valence-electron chi connectivity index (χ0n) is 12.9. The van der Waals surface area contributed by atoms with E-state index < -0.39 is 0 Å². The molecule has 0 aromatic carbocycles. The van der Waals surface area contributed by atoms with Crippen LogP contribution in [0.3, 0.4) is 0 Å². The van der Waals surface area contributed by atoms with E-state index in [4.69, 9.17) is 4.42 Å². The maximum absolute atomic E-state index is 12.4. The average molecular weight is 300 g/mol. The van der Waals surface area contributed by atoms with Crippen molar-refractivity contribution in [1.82, 2.24) is 14.9 Å². The molecule has 6 nitrogen and oxygen atoms in total. The van der Waals surface area contributed by atoms with E-state index in [9.17, 15) is 4.79 Å². The Kier molecular flexibility index (Phi) is 4.09. The summed E-state index contributed by atoms with van der Waals surface area (Å²) in [5.41, 5.74) is 1.23. The number of anilines is 1. The molecule has 0 aliphatic carbocycles. The molecule has 0 saturated carbocycles. The second-order valence-electron chi connectivity index (χ2n) is 5.80. The normalized spacial score (nSPS) is 18.3. The maximum Gasteiger partial charge on any atom is 0.291 e. The fraction of sp³-hybridized carbons (Fsp3) is 0.438. The lowest BCUT2D eigenvalue weighted by molar-refractivity contribution is 0.0675. The molecule has 1 amide bonds. The first-order valence-corrected chi connectivity index (χ1v) is 7.46. The Hall–Kier alpha value is -2.37. The molecule has 1 aliphatic heterocycles. The molecule has 1 atom stereocenters. The zero-order chi connectivity index (χ0) is 15.5. The van der Waals surface area contributed by atoms with Gasteiger partial charge in [-0.05, 0) is 30.5 Å². The molecule has 3 heterocycles. The number of likely N-dealkylation sites (tertiary alicyclic amines) is 1. The summed E-state index contributed by atoms with van der Waals surface area (Å²) in [6.07, 6.45) is 6.67. The summed E-state index contributed by atoms with van der Waals surface area (Å²) in [4.78, 5) is 24.4. The van der Waals surface area contributed by atoms with Gasteiger partial charge < -0.3 is 14.2 Å². The lowest BCUT2D eigenvalue weighted by Gasteiger charge is -2.32. The maximum atomic E-state index is 12.4. The van der Waals surface area contributed by atoms with Crippen molar-refractivity contribution < 1.29 is 9.21 Å². The van der Waals surface area contributed by atoms with Gasteiger partial charge in [0, 0.05) is 39.3 Å².